The summed E-state index contributed by atoms with van der Waals surface area (Å²) < 4.78 is 0. The molecule has 3 N–H and O–H groups in total. The molecule has 1 aliphatic rings. The first-order valence-corrected chi connectivity index (χ1v) is 4.66. The Balaban J connectivity index is 2.29. The molecule has 0 fully saturated rings. The Bertz CT molecular complexity index is 391. The second-order valence-corrected chi connectivity index (χ2v) is 3.40. The molecule has 0 aromatic carbocycles. The molecule has 2 rings (SSSR count). The fraction of sp³-hybridized carbons (Fsp3) is 0.444. The van der Waals surface area contributed by atoms with Crippen LogP contribution in [0.4, 0.5) is 11.5 Å². The third-order valence-corrected chi connectivity index (χ3v) is 2.19. The number of anilines is 1. The first kappa shape index (κ1) is 10.0. The highest BCUT2D eigenvalue weighted by atomic mass is 16.3. The summed E-state index contributed by atoms with van der Waals surface area (Å²) in [7, 11) is 0. The molecule has 6 heteroatoms. The number of nitrogens with zero attached hydrogens (tertiary/aromatic N) is 3. The summed E-state index contributed by atoms with van der Waals surface area (Å²) in [6.07, 6.45) is 1.20. The van der Waals surface area contributed by atoms with Gasteiger partial charge in [-0.1, -0.05) is 0 Å². The van der Waals surface area contributed by atoms with E-state index in [2.05, 4.69) is 20.3 Å². The van der Waals surface area contributed by atoms with Crippen molar-refractivity contribution in [2.75, 3.05) is 11.9 Å². The smallest absolute Gasteiger partial charge is 0.155 e. The molecule has 0 spiro atoms. The lowest BCUT2D eigenvalue weighted by molar-refractivity contribution is 0.0731. The minimum Gasteiger partial charge on any atom is -0.390 e. The number of hydrogen-bond donors (Lipinski definition) is 3. The van der Waals surface area contributed by atoms with Crippen molar-refractivity contribution in [3.05, 3.63) is 12.5 Å². The number of hydrogen-bond acceptors (Lipinski definition) is 6. The van der Waals surface area contributed by atoms with Crippen LogP contribution in [0.1, 0.15) is 6.92 Å². The Labute approximate surface area is 86.7 Å². The van der Waals surface area contributed by atoms with Crippen molar-refractivity contribution in [3.63, 3.8) is 0 Å². The van der Waals surface area contributed by atoms with Crippen molar-refractivity contribution in [1.82, 2.24) is 9.97 Å². The van der Waals surface area contributed by atoms with Crippen molar-refractivity contribution in [3.8, 4) is 0 Å². The summed E-state index contributed by atoms with van der Waals surface area (Å²) >= 11 is 0. The molecular formula is C9H12N4O2. The summed E-state index contributed by atoms with van der Waals surface area (Å²) in [5.41, 5.74) is 1.07. The molecule has 0 bridgehead atoms. The molecule has 1 aromatic rings. The van der Waals surface area contributed by atoms with Gasteiger partial charge in [0.05, 0.1) is 24.6 Å². The molecular weight excluding hydrogens is 196 g/mol. The number of fused-ring (bicyclic) bond motifs is 1. The van der Waals surface area contributed by atoms with Crippen molar-refractivity contribution in [1.29, 1.82) is 0 Å². The normalized spacial score (nSPS) is 18.5. The SMILES string of the molecule is C[C@H](O)[C@H](O)C1=Nc2cncnc2NC1. The van der Waals surface area contributed by atoms with E-state index in [-0.39, 0.29) is 0 Å². The number of aliphatic hydroxyl groups excluding tert-OH is 2. The molecule has 80 valence electrons. The molecule has 6 nitrogen and oxygen atoms in total. The van der Waals surface area contributed by atoms with Gasteiger partial charge in [-0.15, -0.1) is 0 Å². The van der Waals surface area contributed by atoms with Crippen LogP contribution in [0, 0.1) is 0 Å². The van der Waals surface area contributed by atoms with Gasteiger partial charge in [0.2, 0.25) is 0 Å². The highest BCUT2D eigenvalue weighted by Gasteiger charge is 2.22. The van der Waals surface area contributed by atoms with Gasteiger partial charge in [-0.3, -0.25) is 0 Å². The molecule has 0 radical (unpaired) electrons. The second kappa shape index (κ2) is 3.92. The van der Waals surface area contributed by atoms with E-state index >= 15 is 0 Å². The summed E-state index contributed by atoms with van der Waals surface area (Å²) in [6.45, 7) is 1.90. The van der Waals surface area contributed by atoms with Gasteiger partial charge in [0, 0.05) is 0 Å². The monoisotopic (exact) mass is 208 g/mol. The van der Waals surface area contributed by atoms with E-state index < -0.39 is 12.2 Å². The summed E-state index contributed by atoms with van der Waals surface area (Å²) in [5.74, 6) is 0.645. The van der Waals surface area contributed by atoms with Gasteiger partial charge in [0.15, 0.2) is 5.82 Å². The van der Waals surface area contributed by atoms with Crippen LogP contribution in [0.5, 0.6) is 0 Å². The van der Waals surface area contributed by atoms with Crippen molar-refractivity contribution < 1.29 is 10.2 Å². The largest absolute Gasteiger partial charge is 0.390 e. The van der Waals surface area contributed by atoms with Gasteiger partial charge in [0.25, 0.3) is 0 Å². The lowest BCUT2D eigenvalue weighted by Gasteiger charge is -2.21. The predicted molar refractivity (Wildman–Crippen MR) is 55.3 cm³/mol. The molecule has 1 aromatic heterocycles. The van der Waals surface area contributed by atoms with E-state index in [0.29, 0.717) is 23.8 Å². The summed E-state index contributed by atoms with van der Waals surface area (Å²) in [5, 5.41) is 21.8. The van der Waals surface area contributed by atoms with Gasteiger partial charge in [-0.25, -0.2) is 15.0 Å². The lowest BCUT2D eigenvalue weighted by Crippen LogP contribution is -2.37. The van der Waals surface area contributed by atoms with Crippen LogP contribution in [0.25, 0.3) is 0 Å². The maximum Gasteiger partial charge on any atom is 0.155 e. The van der Waals surface area contributed by atoms with E-state index in [4.69, 9.17) is 0 Å². The minimum atomic E-state index is -0.953. The molecule has 0 amide bonds. The maximum atomic E-state index is 9.62. The van der Waals surface area contributed by atoms with Crippen LogP contribution < -0.4 is 5.32 Å². The molecule has 0 saturated carbocycles. The number of aromatic nitrogens is 2. The number of nitrogens with one attached hydrogen (secondary N) is 1. The van der Waals surface area contributed by atoms with Gasteiger partial charge in [-0.05, 0) is 6.92 Å². The highest BCUT2D eigenvalue weighted by molar-refractivity contribution is 5.97. The Hall–Kier alpha value is -1.53. The Morgan fingerprint density at radius 1 is 1.47 bits per heavy atom. The average Bonchev–Trinajstić information content (AvgIpc) is 2.27. The van der Waals surface area contributed by atoms with Crippen LogP contribution >= 0.6 is 0 Å². The van der Waals surface area contributed by atoms with E-state index in [1.54, 1.807) is 6.20 Å². The average molecular weight is 208 g/mol. The number of rotatable bonds is 2. The van der Waals surface area contributed by atoms with Crippen LogP contribution in [0.3, 0.4) is 0 Å². The third-order valence-electron chi connectivity index (χ3n) is 2.19. The Morgan fingerprint density at radius 3 is 3.00 bits per heavy atom. The zero-order valence-electron chi connectivity index (χ0n) is 8.25. The predicted octanol–water partition coefficient (Wildman–Crippen LogP) is -0.284. The standard InChI is InChI=1S/C9H12N4O2/c1-5(14)8(15)6-3-11-9-7(13-6)2-10-4-12-9/h2,4-5,8,14-15H,3H2,1H3,(H,10,11,12)/t5-,8-/m0/s1. The summed E-state index contributed by atoms with van der Waals surface area (Å²) in [6, 6.07) is 0. The van der Waals surface area contributed by atoms with Gasteiger partial charge < -0.3 is 15.5 Å². The molecule has 0 unspecified atom stereocenters. The van der Waals surface area contributed by atoms with Crippen molar-refractivity contribution in [2.45, 2.75) is 19.1 Å². The number of aliphatic hydroxyl groups is 2. The third kappa shape index (κ3) is 1.95. The molecule has 15 heavy (non-hydrogen) atoms. The van der Waals surface area contributed by atoms with Gasteiger partial charge >= 0.3 is 0 Å². The van der Waals surface area contributed by atoms with Gasteiger partial charge in [-0.2, -0.15) is 0 Å². The van der Waals surface area contributed by atoms with Gasteiger partial charge in [0.1, 0.15) is 18.1 Å². The Morgan fingerprint density at radius 2 is 2.27 bits per heavy atom. The molecule has 2 heterocycles. The topological polar surface area (TPSA) is 90.6 Å². The van der Waals surface area contributed by atoms with Crippen LogP contribution in [-0.2, 0) is 0 Å². The molecule has 2 atom stereocenters. The minimum absolute atomic E-state index is 0.385. The second-order valence-electron chi connectivity index (χ2n) is 3.40. The van der Waals surface area contributed by atoms with Crippen molar-refractivity contribution in [2.24, 2.45) is 4.99 Å². The molecule has 0 aliphatic carbocycles. The zero-order valence-corrected chi connectivity index (χ0v) is 8.25. The van der Waals surface area contributed by atoms with Crippen LogP contribution in [0.2, 0.25) is 0 Å². The zero-order chi connectivity index (χ0) is 10.8. The lowest BCUT2D eigenvalue weighted by atomic mass is 10.1. The number of aliphatic imine (C=N–C) groups is 1. The van der Waals surface area contributed by atoms with E-state index in [9.17, 15) is 10.2 Å². The highest BCUT2D eigenvalue weighted by Crippen LogP contribution is 2.24. The van der Waals surface area contributed by atoms with Crippen molar-refractivity contribution >= 4 is 17.2 Å². The Kier molecular flexibility index (Phi) is 2.61. The van der Waals surface area contributed by atoms with E-state index in [1.165, 1.54) is 13.3 Å². The molecule has 1 aliphatic heterocycles. The van der Waals surface area contributed by atoms with Crippen LogP contribution in [-0.4, -0.2) is 44.6 Å². The molecule has 0 saturated heterocycles. The first-order chi connectivity index (χ1) is 7.18. The maximum absolute atomic E-state index is 9.62. The quantitative estimate of drug-likeness (QED) is 0.621. The van der Waals surface area contributed by atoms with Crippen LogP contribution in [0.15, 0.2) is 17.5 Å². The fourth-order valence-corrected chi connectivity index (χ4v) is 1.36. The summed E-state index contributed by atoms with van der Waals surface area (Å²) in [4.78, 5) is 12.0. The first-order valence-electron chi connectivity index (χ1n) is 4.66. The van der Waals surface area contributed by atoms with E-state index in [1.807, 2.05) is 0 Å². The fourth-order valence-electron chi connectivity index (χ4n) is 1.36. The van der Waals surface area contributed by atoms with E-state index in [0.717, 1.165) is 0 Å².